The van der Waals surface area contributed by atoms with E-state index in [2.05, 4.69) is 5.10 Å². The minimum atomic E-state index is -0.698. The van der Waals surface area contributed by atoms with E-state index in [4.69, 9.17) is 0 Å². The van der Waals surface area contributed by atoms with Gasteiger partial charge in [0.2, 0.25) is 5.91 Å². The van der Waals surface area contributed by atoms with E-state index >= 15 is 0 Å². The van der Waals surface area contributed by atoms with Gasteiger partial charge in [0, 0.05) is 11.4 Å². The Labute approximate surface area is 128 Å². The lowest BCUT2D eigenvalue weighted by Gasteiger charge is -2.19. The number of nitrogens with zero attached hydrogens (tertiary/aromatic N) is 3. The van der Waals surface area contributed by atoms with Crippen molar-refractivity contribution in [3.8, 4) is 0 Å². The minimum absolute atomic E-state index is 0.0809. The molecule has 0 saturated heterocycles. The molecule has 0 aliphatic heterocycles. The maximum atomic E-state index is 12.5. The van der Waals surface area contributed by atoms with Crippen molar-refractivity contribution in [2.75, 3.05) is 6.54 Å². The van der Waals surface area contributed by atoms with Crippen molar-refractivity contribution < 1.29 is 14.7 Å². The van der Waals surface area contributed by atoms with Crippen LogP contribution in [-0.2, 0) is 16.1 Å². The fourth-order valence-electron chi connectivity index (χ4n) is 2.72. The second-order valence-electron chi connectivity index (χ2n) is 5.68. The van der Waals surface area contributed by atoms with Gasteiger partial charge >= 0.3 is 0 Å². The Morgan fingerprint density at radius 1 is 1.50 bits per heavy atom. The molecule has 1 aliphatic carbocycles. The molecule has 1 aliphatic rings. The third kappa shape index (κ3) is 2.74. The summed E-state index contributed by atoms with van der Waals surface area (Å²) in [7, 11) is 0. The molecule has 0 bridgehead atoms. The van der Waals surface area contributed by atoms with Crippen LogP contribution < -0.4 is 0 Å². The quantitative estimate of drug-likeness (QED) is 0.816. The second-order valence-corrected chi connectivity index (χ2v) is 5.68. The number of fused-ring (bicyclic) bond motifs is 1. The summed E-state index contributed by atoms with van der Waals surface area (Å²) in [4.78, 5) is 24.8. The first-order valence-corrected chi connectivity index (χ1v) is 7.48. The van der Waals surface area contributed by atoms with Gasteiger partial charge in [-0.2, -0.15) is 5.10 Å². The summed E-state index contributed by atoms with van der Waals surface area (Å²) in [5, 5.41) is 15.1. The van der Waals surface area contributed by atoms with Gasteiger partial charge in [-0.3, -0.25) is 9.48 Å². The molecule has 1 amide bonds. The summed E-state index contributed by atoms with van der Waals surface area (Å²) in [6.45, 7) is 1.87. The predicted molar refractivity (Wildman–Crippen MR) is 81.2 cm³/mol. The fraction of sp³-hybridized carbons (Fsp3) is 0.438. The van der Waals surface area contributed by atoms with Gasteiger partial charge in [-0.1, -0.05) is 18.2 Å². The molecule has 3 rings (SSSR count). The van der Waals surface area contributed by atoms with Crippen LogP contribution in [0.4, 0.5) is 0 Å². The van der Waals surface area contributed by atoms with Crippen LogP contribution in [0.25, 0.3) is 10.9 Å². The molecular weight excluding hydrogens is 282 g/mol. The first-order chi connectivity index (χ1) is 10.6. The maximum absolute atomic E-state index is 12.5. The maximum Gasteiger partial charge on any atom is 0.244 e. The van der Waals surface area contributed by atoms with E-state index < -0.39 is 6.10 Å². The standard InChI is InChI=1S/C16H19N3O3/c1-11(21)16-13-4-2-3-5-14(13)19(17-16)10-15(22)18(8-9-20)12-6-7-12/h2-5,9,11-12,21H,6-8,10H2,1H3. The van der Waals surface area contributed by atoms with E-state index in [1.165, 1.54) is 0 Å². The Hall–Kier alpha value is -2.21. The number of amides is 1. The molecular formula is C16H19N3O3. The molecule has 1 aromatic heterocycles. The first-order valence-electron chi connectivity index (χ1n) is 7.48. The average Bonchev–Trinajstić information content (AvgIpc) is 3.27. The van der Waals surface area contributed by atoms with Crippen molar-refractivity contribution in [3.05, 3.63) is 30.0 Å². The molecule has 2 aromatic rings. The monoisotopic (exact) mass is 301 g/mol. The summed E-state index contributed by atoms with van der Waals surface area (Å²) in [5.74, 6) is -0.111. The van der Waals surface area contributed by atoms with Gasteiger partial charge in [-0.15, -0.1) is 0 Å². The van der Waals surface area contributed by atoms with Crippen molar-refractivity contribution >= 4 is 23.1 Å². The molecule has 1 saturated carbocycles. The number of carbonyl (C=O) groups excluding carboxylic acids is 2. The summed E-state index contributed by atoms with van der Waals surface area (Å²) < 4.78 is 1.61. The molecule has 1 fully saturated rings. The first kappa shape index (κ1) is 14.7. The van der Waals surface area contributed by atoms with Gasteiger partial charge in [-0.05, 0) is 25.8 Å². The van der Waals surface area contributed by atoms with E-state index in [9.17, 15) is 14.7 Å². The number of aromatic nitrogens is 2. The van der Waals surface area contributed by atoms with Crippen LogP contribution in [0.2, 0.25) is 0 Å². The highest BCUT2D eigenvalue weighted by molar-refractivity contribution is 5.85. The Morgan fingerprint density at radius 3 is 2.86 bits per heavy atom. The van der Waals surface area contributed by atoms with Crippen LogP contribution >= 0.6 is 0 Å². The number of aliphatic hydroxyl groups excluding tert-OH is 1. The Kier molecular flexibility index (Phi) is 3.94. The molecule has 1 aromatic carbocycles. The lowest BCUT2D eigenvalue weighted by atomic mass is 10.1. The highest BCUT2D eigenvalue weighted by atomic mass is 16.3. The number of hydrogen-bond acceptors (Lipinski definition) is 4. The number of aldehydes is 1. The lowest BCUT2D eigenvalue weighted by molar-refractivity contribution is -0.134. The van der Waals surface area contributed by atoms with Crippen molar-refractivity contribution in [3.63, 3.8) is 0 Å². The molecule has 116 valence electrons. The molecule has 1 atom stereocenters. The van der Waals surface area contributed by atoms with Gasteiger partial charge in [0.25, 0.3) is 0 Å². The van der Waals surface area contributed by atoms with Gasteiger partial charge in [-0.25, -0.2) is 0 Å². The van der Waals surface area contributed by atoms with E-state index in [0.717, 1.165) is 30.0 Å². The van der Waals surface area contributed by atoms with Gasteiger partial charge in [0.1, 0.15) is 12.8 Å². The lowest BCUT2D eigenvalue weighted by Crippen LogP contribution is -2.37. The largest absolute Gasteiger partial charge is 0.387 e. The summed E-state index contributed by atoms with van der Waals surface area (Å²) in [6, 6.07) is 7.71. The van der Waals surface area contributed by atoms with E-state index in [-0.39, 0.29) is 25.0 Å². The fourth-order valence-corrected chi connectivity index (χ4v) is 2.72. The highest BCUT2D eigenvalue weighted by Gasteiger charge is 2.32. The molecule has 0 radical (unpaired) electrons. The zero-order valence-electron chi connectivity index (χ0n) is 12.5. The van der Waals surface area contributed by atoms with Crippen molar-refractivity contribution in [2.24, 2.45) is 0 Å². The number of hydrogen-bond donors (Lipinski definition) is 1. The normalized spacial score (nSPS) is 15.7. The zero-order chi connectivity index (χ0) is 15.7. The third-order valence-electron chi connectivity index (χ3n) is 3.95. The van der Waals surface area contributed by atoms with E-state index in [1.54, 1.807) is 16.5 Å². The van der Waals surface area contributed by atoms with Gasteiger partial charge in [0.05, 0.1) is 23.9 Å². The molecule has 1 unspecified atom stereocenters. The van der Waals surface area contributed by atoms with Crippen LogP contribution in [0, 0.1) is 0 Å². The van der Waals surface area contributed by atoms with Crippen LogP contribution in [-0.4, -0.2) is 44.6 Å². The topological polar surface area (TPSA) is 75.4 Å². The van der Waals surface area contributed by atoms with Crippen molar-refractivity contribution in [1.29, 1.82) is 0 Å². The predicted octanol–water partition coefficient (Wildman–Crippen LogP) is 1.28. The summed E-state index contributed by atoms with van der Waals surface area (Å²) in [6.07, 6.45) is 1.98. The van der Waals surface area contributed by atoms with Crippen LogP contribution in [0.3, 0.4) is 0 Å². The highest BCUT2D eigenvalue weighted by Crippen LogP contribution is 2.27. The molecule has 6 heteroatoms. The smallest absolute Gasteiger partial charge is 0.244 e. The molecule has 22 heavy (non-hydrogen) atoms. The van der Waals surface area contributed by atoms with Crippen molar-refractivity contribution in [1.82, 2.24) is 14.7 Å². The third-order valence-corrected chi connectivity index (χ3v) is 3.95. The molecule has 1 heterocycles. The Balaban J connectivity index is 1.90. The summed E-state index contributed by atoms with van der Waals surface area (Å²) in [5.41, 5.74) is 1.38. The molecule has 6 nitrogen and oxygen atoms in total. The van der Waals surface area contributed by atoms with Crippen LogP contribution in [0.15, 0.2) is 24.3 Å². The molecule has 1 N–H and O–H groups in total. The van der Waals surface area contributed by atoms with Gasteiger partial charge in [0.15, 0.2) is 0 Å². The van der Waals surface area contributed by atoms with Crippen LogP contribution in [0.1, 0.15) is 31.6 Å². The SMILES string of the molecule is CC(O)c1nn(CC(=O)N(CC=O)C2CC2)c2ccccc12. The minimum Gasteiger partial charge on any atom is -0.387 e. The summed E-state index contributed by atoms with van der Waals surface area (Å²) >= 11 is 0. The zero-order valence-corrected chi connectivity index (χ0v) is 12.5. The van der Waals surface area contributed by atoms with Crippen molar-refractivity contribution in [2.45, 2.75) is 38.5 Å². The number of carbonyl (C=O) groups is 2. The number of aliphatic hydroxyl groups is 1. The number of benzene rings is 1. The average molecular weight is 301 g/mol. The number of rotatable bonds is 6. The Bertz CT molecular complexity index is 704. The second kappa shape index (κ2) is 5.88. The number of para-hydroxylation sites is 1. The molecule has 0 spiro atoms. The Morgan fingerprint density at radius 2 is 2.23 bits per heavy atom. The van der Waals surface area contributed by atoms with Crippen LogP contribution in [0.5, 0.6) is 0 Å². The van der Waals surface area contributed by atoms with Gasteiger partial charge < -0.3 is 14.8 Å². The van der Waals surface area contributed by atoms with E-state index in [1.807, 2.05) is 24.3 Å². The van der Waals surface area contributed by atoms with E-state index in [0.29, 0.717) is 5.69 Å².